The summed E-state index contributed by atoms with van der Waals surface area (Å²) in [4.78, 5) is 8.20. The normalized spacial score (nSPS) is 11.1. The SMILES string of the molecule is Cc1cccc(Nc2ncnc(Nc3ccc(OC(F)(F)F)cc3)c2N)c1. The highest BCUT2D eigenvalue weighted by atomic mass is 19.4. The second kappa shape index (κ2) is 7.40. The molecule has 2 aromatic carbocycles. The van der Waals surface area contributed by atoms with Crippen molar-refractivity contribution in [2.24, 2.45) is 0 Å². The largest absolute Gasteiger partial charge is 0.573 e. The van der Waals surface area contributed by atoms with Crippen LogP contribution in [0.15, 0.2) is 54.9 Å². The third kappa shape index (κ3) is 5.00. The van der Waals surface area contributed by atoms with Crippen molar-refractivity contribution < 1.29 is 17.9 Å². The minimum absolute atomic E-state index is 0.273. The molecular formula is C18H16F3N5O. The number of ether oxygens (including phenoxy) is 1. The van der Waals surface area contributed by atoms with Crippen LogP contribution in [0.4, 0.5) is 41.9 Å². The summed E-state index contributed by atoms with van der Waals surface area (Å²) >= 11 is 0. The Hall–Kier alpha value is -3.49. The van der Waals surface area contributed by atoms with Gasteiger partial charge in [-0.25, -0.2) is 9.97 Å². The van der Waals surface area contributed by atoms with E-state index in [1.807, 2.05) is 31.2 Å². The zero-order chi connectivity index (χ0) is 19.4. The summed E-state index contributed by atoms with van der Waals surface area (Å²) in [6.45, 7) is 1.97. The highest BCUT2D eigenvalue weighted by Crippen LogP contribution is 2.29. The number of nitrogens with two attached hydrogens (primary N) is 1. The minimum atomic E-state index is -4.73. The van der Waals surface area contributed by atoms with E-state index in [-0.39, 0.29) is 11.4 Å². The first-order valence-corrected chi connectivity index (χ1v) is 7.87. The Morgan fingerprint density at radius 1 is 0.926 bits per heavy atom. The zero-order valence-corrected chi connectivity index (χ0v) is 14.2. The number of alkyl halides is 3. The molecule has 0 fully saturated rings. The maximum Gasteiger partial charge on any atom is 0.573 e. The summed E-state index contributed by atoms with van der Waals surface area (Å²) in [6.07, 6.45) is -3.40. The van der Waals surface area contributed by atoms with E-state index >= 15 is 0 Å². The molecule has 0 bridgehead atoms. The van der Waals surface area contributed by atoms with Crippen LogP contribution in [0, 0.1) is 6.92 Å². The predicted octanol–water partition coefficient (Wildman–Crippen LogP) is 4.75. The molecule has 27 heavy (non-hydrogen) atoms. The second-order valence-electron chi connectivity index (χ2n) is 5.68. The van der Waals surface area contributed by atoms with Gasteiger partial charge in [-0.15, -0.1) is 13.2 Å². The van der Waals surface area contributed by atoms with Crippen LogP contribution in [0.3, 0.4) is 0 Å². The van der Waals surface area contributed by atoms with Gasteiger partial charge in [0, 0.05) is 11.4 Å². The Kier molecular flexibility index (Phi) is 5.02. The fourth-order valence-corrected chi connectivity index (χ4v) is 2.33. The highest BCUT2D eigenvalue weighted by Gasteiger charge is 2.30. The monoisotopic (exact) mass is 375 g/mol. The second-order valence-corrected chi connectivity index (χ2v) is 5.68. The van der Waals surface area contributed by atoms with Crippen LogP contribution in [0.5, 0.6) is 5.75 Å². The first-order valence-electron chi connectivity index (χ1n) is 7.87. The first-order chi connectivity index (χ1) is 12.8. The van der Waals surface area contributed by atoms with Crippen LogP contribution in [-0.2, 0) is 0 Å². The van der Waals surface area contributed by atoms with Gasteiger partial charge in [0.15, 0.2) is 11.6 Å². The fourth-order valence-electron chi connectivity index (χ4n) is 2.33. The van der Waals surface area contributed by atoms with Crippen molar-refractivity contribution >= 4 is 28.7 Å². The Labute approximate surface area is 153 Å². The average molecular weight is 375 g/mol. The standard InChI is InChI=1S/C18H16F3N5O/c1-11-3-2-4-13(9-11)26-17-15(22)16(23-10-24-17)25-12-5-7-14(8-6-12)27-18(19,20)21/h2-10H,22H2,1H3,(H2,23,24,25,26). The molecule has 0 saturated carbocycles. The number of nitrogens with one attached hydrogen (secondary N) is 2. The maximum absolute atomic E-state index is 12.2. The molecule has 9 heteroatoms. The Morgan fingerprint density at radius 2 is 1.56 bits per heavy atom. The summed E-state index contributed by atoms with van der Waals surface area (Å²) in [5, 5.41) is 6.06. The number of hydrogen-bond acceptors (Lipinski definition) is 6. The van der Waals surface area contributed by atoms with Gasteiger partial charge in [-0.2, -0.15) is 0 Å². The lowest BCUT2D eigenvalue weighted by atomic mass is 10.2. The van der Waals surface area contributed by atoms with E-state index in [0.717, 1.165) is 11.3 Å². The zero-order valence-electron chi connectivity index (χ0n) is 14.2. The predicted molar refractivity (Wildman–Crippen MR) is 97.3 cm³/mol. The molecule has 1 aromatic heterocycles. The molecule has 0 aliphatic rings. The van der Waals surface area contributed by atoms with Gasteiger partial charge in [0.05, 0.1) is 0 Å². The average Bonchev–Trinajstić information content (AvgIpc) is 2.59. The van der Waals surface area contributed by atoms with Crippen molar-refractivity contribution in [1.29, 1.82) is 0 Å². The number of hydrogen-bond donors (Lipinski definition) is 3. The van der Waals surface area contributed by atoms with E-state index in [9.17, 15) is 13.2 Å². The van der Waals surface area contributed by atoms with Crippen molar-refractivity contribution in [3.63, 3.8) is 0 Å². The number of anilines is 5. The third-order valence-corrected chi connectivity index (χ3v) is 3.52. The molecule has 3 rings (SSSR count). The van der Waals surface area contributed by atoms with Crippen LogP contribution in [0.1, 0.15) is 5.56 Å². The van der Waals surface area contributed by atoms with Gasteiger partial charge in [-0.05, 0) is 48.9 Å². The number of aryl methyl sites for hydroxylation is 1. The molecule has 0 spiro atoms. The van der Waals surface area contributed by atoms with Gasteiger partial charge in [0.1, 0.15) is 17.8 Å². The molecule has 0 unspecified atom stereocenters. The molecule has 0 saturated heterocycles. The number of rotatable bonds is 5. The maximum atomic E-state index is 12.2. The quantitative estimate of drug-likeness (QED) is 0.597. The number of nitrogens with zero attached hydrogens (tertiary/aromatic N) is 2. The van der Waals surface area contributed by atoms with Crippen LogP contribution in [0.25, 0.3) is 0 Å². The lowest BCUT2D eigenvalue weighted by molar-refractivity contribution is -0.274. The first kappa shape index (κ1) is 18.3. The highest BCUT2D eigenvalue weighted by molar-refractivity contribution is 5.80. The van der Waals surface area contributed by atoms with Gasteiger partial charge < -0.3 is 21.1 Å². The molecule has 4 N–H and O–H groups in total. The van der Waals surface area contributed by atoms with Crippen LogP contribution >= 0.6 is 0 Å². The molecule has 1 heterocycles. The summed E-state index contributed by atoms with van der Waals surface area (Å²) in [5.74, 6) is 0.422. The van der Waals surface area contributed by atoms with E-state index in [2.05, 4.69) is 25.3 Å². The van der Waals surface area contributed by atoms with E-state index < -0.39 is 6.36 Å². The van der Waals surface area contributed by atoms with Gasteiger partial charge in [0.2, 0.25) is 0 Å². The van der Waals surface area contributed by atoms with Crippen LogP contribution in [0.2, 0.25) is 0 Å². The van der Waals surface area contributed by atoms with Gasteiger partial charge in [-0.1, -0.05) is 12.1 Å². The topological polar surface area (TPSA) is 85.1 Å². The summed E-state index contributed by atoms with van der Waals surface area (Å²) in [6, 6.07) is 12.9. The molecule has 0 amide bonds. The lowest BCUT2D eigenvalue weighted by Crippen LogP contribution is -2.17. The molecule has 140 valence electrons. The molecular weight excluding hydrogens is 359 g/mol. The van der Waals surface area contributed by atoms with E-state index in [1.54, 1.807) is 0 Å². The van der Waals surface area contributed by atoms with Crippen molar-refractivity contribution in [3.8, 4) is 5.75 Å². The Bertz CT molecular complexity index is 929. The van der Waals surface area contributed by atoms with E-state index in [0.29, 0.717) is 17.3 Å². The number of aromatic nitrogens is 2. The Morgan fingerprint density at radius 3 is 2.15 bits per heavy atom. The smallest absolute Gasteiger partial charge is 0.406 e. The number of nitrogen functional groups attached to an aromatic ring is 1. The van der Waals surface area contributed by atoms with E-state index in [1.165, 1.54) is 30.6 Å². The third-order valence-electron chi connectivity index (χ3n) is 3.52. The molecule has 3 aromatic rings. The van der Waals surface area contributed by atoms with Crippen molar-refractivity contribution in [2.45, 2.75) is 13.3 Å². The molecule has 0 aliphatic heterocycles. The molecule has 0 radical (unpaired) electrons. The Balaban J connectivity index is 1.76. The van der Waals surface area contributed by atoms with Crippen molar-refractivity contribution in [1.82, 2.24) is 9.97 Å². The number of halogens is 3. The van der Waals surface area contributed by atoms with Gasteiger partial charge in [0.25, 0.3) is 0 Å². The molecule has 6 nitrogen and oxygen atoms in total. The molecule has 0 aliphatic carbocycles. The van der Waals surface area contributed by atoms with Gasteiger partial charge in [-0.3, -0.25) is 0 Å². The van der Waals surface area contributed by atoms with Gasteiger partial charge >= 0.3 is 6.36 Å². The lowest BCUT2D eigenvalue weighted by Gasteiger charge is -2.13. The molecule has 0 atom stereocenters. The van der Waals surface area contributed by atoms with Crippen LogP contribution in [-0.4, -0.2) is 16.3 Å². The van der Waals surface area contributed by atoms with Crippen LogP contribution < -0.4 is 21.1 Å². The van der Waals surface area contributed by atoms with E-state index in [4.69, 9.17) is 5.73 Å². The minimum Gasteiger partial charge on any atom is -0.406 e. The fraction of sp³-hybridized carbons (Fsp3) is 0.111. The van der Waals surface area contributed by atoms with Crippen molar-refractivity contribution in [3.05, 3.63) is 60.4 Å². The van der Waals surface area contributed by atoms with Crippen molar-refractivity contribution in [2.75, 3.05) is 16.4 Å². The summed E-state index contributed by atoms with van der Waals surface area (Å²) < 4.78 is 40.5. The summed E-state index contributed by atoms with van der Waals surface area (Å²) in [5.41, 5.74) is 8.77. The number of benzene rings is 2. The summed E-state index contributed by atoms with van der Waals surface area (Å²) in [7, 11) is 0.